The monoisotopic (exact) mass is 484 g/mol. The molecule has 4 rings (SSSR count). The number of anilines is 2. The molecule has 1 aliphatic carbocycles. The highest BCUT2D eigenvalue weighted by molar-refractivity contribution is 5.48. The van der Waals surface area contributed by atoms with Crippen LogP contribution in [0.5, 0.6) is 0 Å². The third-order valence-electron chi connectivity index (χ3n) is 8.08. The summed E-state index contributed by atoms with van der Waals surface area (Å²) >= 11 is 0. The number of quaternary nitrogens is 1. The molecule has 0 amide bonds. The fourth-order valence-electron chi connectivity index (χ4n) is 6.19. The molecular weight excluding hydrogens is 440 g/mol. The van der Waals surface area contributed by atoms with Gasteiger partial charge in [-0.15, -0.1) is 0 Å². The molecule has 34 heavy (non-hydrogen) atoms. The number of fused-ring (bicyclic) bond motifs is 1. The second-order valence-corrected chi connectivity index (χ2v) is 9.88. The maximum Gasteiger partial charge on any atom is 0.134 e. The molecule has 1 saturated heterocycles. The molecule has 0 bridgehead atoms. The number of nitrogens with one attached hydrogen (secondary N) is 1. The average molecular weight is 485 g/mol. The van der Waals surface area contributed by atoms with Crippen molar-refractivity contribution in [2.45, 2.75) is 78.6 Å². The van der Waals surface area contributed by atoms with Crippen LogP contribution >= 0.6 is 0 Å². The predicted octanol–water partition coefficient (Wildman–Crippen LogP) is 1.55. The zero-order chi connectivity index (χ0) is 23.2. The van der Waals surface area contributed by atoms with Crippen molar-refractivity contribution in [3.05, 3.63) is 59.7 Å². The average Bonchev–Trinajstić information content (AvgIpc) is 3.20. The molecule has 3 unspecified atom stereocenters. The van der Waals surface area contributed by atoms with E-state index in [-0.39, 0.29) is 12.4 Å². The van der Waals surface area contributed by atoms with Gasteiger partial charge < -0.3 is 27.1 Å². The Balaban J connectivity index is 0.00000324. The molecule has 2 aliphatic rings. The molecule has 1 saturated carbocycles. The summed E-state index contributed by atoms with van der Waals surface area (Å²) in [6, 6.07) is 20.3. The van der Waals surface area contributed by atoms with Crippen molar-refractivity contribution in [1.29, 1.82) is 0 Å². The fraction of sp³-hybridized carbons (Fsp3) is 0.586. The molecule has 5 heteroatoms. The van der Waals surface area contributed by atoms with Crippen LogP contribution in [0.1, 0.15) is 64.5 Å². The van der Waals surface area contributed by atoms with Crippen molar-refractivity contribution in [1.82, 2.24) is 4.90 Å². The van der Waals surface area contributed by atoms with Crippen LogP contribution in [0.3, 0.4) is 0 Å². The highest BCUT2D eigenvalue weighted by Crippen LogP contribution is 2.27. The summed E-state index contributed by atoms with van der Waals surface area (Å²) in [5.74, 6) is 0. The highest BCUT2D eigenvalue weighted by atomic mass is 35.5. The Hall–Kier alpha value is -1.75. The topological polar surface area (TPSA) is 14.2 Å². The molecular formula is C29H45ClN4. The first-order valence-corrected chi connectivity index (χ1v) is 13.4. The molecule has 1 N–H and O–H groups in total. The zero-order valence-electron chi connectivity index (χ0n) is 21.8. The van der Waals surface area contributed by atoms with Crippen LogP contribution < -0.4 is 27.1 Å². The van der Waals surface area contributed by atoms with E-state index in [4.69, 9.17) is 0 Å². The van der Waals surface area contributed by atoms with Gasteiger partial charge in [0, 0.05) is 56.1 Å². The van der Waals surface area contributed by atoms with Crippen molar-refractivity contribution in [2.24, 2.45) is 0 Å². The summed E-state index contributed by atoms with van der Waals surface area (Å²) < 4.78 is 0. The van der Waals surface area contributed by atoms with Crippen LogP contribution in [0.15, 0.2) is 48.5 Å². The number of nitrogens with zero attached hydrogens (tertiary/aromatic N) is 3. The van der Waals surface area contributed by atoms with Gasteiger partial charge in [0.1, 0.15) is 19.3 Å². The van der Waals surface area contributed by atoms with Crippen LogP contribution in [0.4, 0.5) is 11.4 Å². The van der Waals surface area contributed by atoms with Crippen LogP contribution in [-0.2, 0) is 13.1 Å². The minimum atomic E-state index is 0. The van der Waals surface area contributed by atoms with Gasteiger partial charge in [0.25, 0.3) is 0 Å². The molecule has 1 heterocycles. The number of hydrogen-bond acceptors (Lipinski definition) is 3. The molecule has 188 valence electrons. The number of rotatable bonds is 10. The van der Waals surface area contributed by atoms with E-state index >= 15 is 0 Å². The van der Waals surface area contributed by atoms with Crippen molar-refractivity contribution >= 4 is 11.4 Å². The standard InChI is InChI=1S/C29H44N4.ClH/c1-5-30(6-2)26-17-13-24(14-18-26)21-32-23-33(29-12-10-9-11-28(29)32)22-25-15-19-27(20-16-25)31(7-3)8-4;/h13-20,28-29H,5-12,21-23H2,1-4H3;1H. The van der Waals surface area contributed by atoms with Crippen LogP contribution in [0, 0.1) is 0 Å². The number of halogens is 1. The van der Waals surface area contributed by atoms with Crippen molar-refractivity contribution in [3.8, 4) is 0 Å². The molecule has 0 aromatic heterocycles. The second kappa shape index (κ2) is 12.8. The molecule has 2 aromatic rings. The molecule has 4 nitrogen and oxygen atoms in total. The number of hydrogen-bond donors (Lipinski definition) is 1. The normalized spacial score (nSPS) is 22.2. The summed E-state index contributed by atoms with van der Waals surface area (Å²) in [4.78, 5) is 9.41. The van der Waals surface area contributed by atoms with E-state index in [1.807, 2.05) is 0 Å². The minimum absolute atomic E-state index is 0. The summed E-state index contributed by atoms with van der Waals surface area (Å²) in [6.45, 7) is 16.6. The smallest absolute Gasteiger partial charge is 0.134 e. The van der Waals surface area contributed by atoms with E-state index in [1.54, 1.807) is 4.90 Å². The van der Waals surface area contributed by atoms with E-state index in [2.05, 4.69) is 90.9 Å². The van der Waals surface area contributed by atoms with E-state index < -0.39 is 0 Å². The first-order valence-electron chi connectivity index (χ1n) is 13.4. The van der Waals surface area contributed by atoms with Gasteiger partial charge in [0.2, 0.25) is 0 Å². The lowest BCUT2D eigenvalue weighted by atomic mass is 9.90. The quantitative estimate of drug-likeness (QED) is 0.550. The Morgan fingerprint density at radius 1 is 0.735 bits per heavy atom. The molecule has 0 spiro atoms. The minimum Gasteiger partial charge on any atom is -1.00 e. The third-order valence-corrected chi connectivity index (χ3v) is 8.08. The first kappa shape index (κ1) is 26.8. The van der Waals surface area contributed by atoms with E-state index in [0.717, 1.165) is 51.4 Å². The third kappa shape index (κ3) is 6.08. The Morgan fingerprint density at radius 2 is 1.24 bits per heavy atom. The number of benzene rings is 2. The van der Waals surface area contributed by atoms with Crippen molar-refractivity contribution < 1.29 is 17.3 Å². The van der Waals surface area contributed by atoms with Crippen LogP contribution in [-0.4, -0.2) is 49.8 Å². The van der Waals surface area contributed by atoms with Gasteiger partial charge in [-0.2, -0.15) is 0 Å². The Labute approximate surface area is 214 Å². The molecule has 2 aromatic carbocycles. The van der Waals surface area contributed by atoms with Gasteiger partial charge in [-0.05, 0) is 70.4 Å². The highest BCUT2D eigenvalue weighted by Gasteiger charge is 2.44. The lowest BCUT2D eigenvalue weighted by Gasteiger charge is -2.29. The van der Waals surface area contributed by atoms with Gasteiger partial charge in [-0.25, -0.2) is 4.90 Å². The Bertz CT molecular complexity index is 774. The van der Waals surface area contributed by atoms with Crippen molar-refractivity contribution in [2.75, 3.05) is 42.6 Å². The van der Waals surface area contributed by atoms with Gasteiger partial charge in [-0.1, -0.05) is 30.7 Å². The Kier molecular flexibility index (Phi) is 10.1. The van der Waals surface area contributed by atoms with Crippen LogP contribution in [0.2, 0.25) is 0 Å². The molecule has 0 radical (unpaired) electrons. The van der Waals surface area contributed by atoms with Gasteiger partial charge in [0.15, 0.2) is 0 Å². The lowest BCUT2D eigenvalue weighted by Crippen LogP contribution is -3.13. The van der Waals surface area contributed by atoms with Gasteiger partial charge >= 0.3 is 0 Å². The molecule has 3 atom stereocenters. The molecule has 1 aliphatic heterocycles. The summed E-state index contributed by atoms with van der Waals surface area (Å²) in [6.07, 6.45) is 5.55. The maximum atomic E-state index is 2.79. The summed E-state index contributed by atoms with van der Waals surface area (Å²) in [5.41, 5.74) is 5.64. The van der Waals surface area contributed by atoms with E-state index in [1.165, 1.54) is 54.9 Å². The second-order valence-electron chi connectivity index (χ2n) is 9.88. The van der Waals surface area contributed by atoms with E-state index in [0.29, 0.717) is 0 Å². The Morgan fingerprint density at radius 3 is 1.76 bits per heavy atom. The van der Waals surface area contributed by atoms with Gasteiger partial charge in [0.05, 0.1) is 6.04 Å². The van der Waals surface area contributed by atoms with Gasteiger partial charge in [-0.3, -0.25) is 0 Å². The summed E-state index contributed by atoms with van der Waals surface area (Å²) in [5, 5.41) is 0. The first-order chi connectivity index (χ1) is 16.2. The predicted molar refractivity (Wildman–Crippen MR) is 141 cm³/mol. The SMILES string of the molecule is CCN(CC)c1ccc(CN2C[NH+](Cc3ccc(N(CC)CC)cc3)C3CCCCC32)cc1.[Cl-]. The molecule has 2 fully saturated rings. The maximum absolute atomic E-state index is 2.79. The zero-order valence-corrected chi connectivity index (χ0v) is 22.5. The lowest BCUT2D eigenvalue weighted by molar-refractivity contribution is -0.931. The van der Waals surface area contributed by atoms with E-state index in [9.17, 15) is 0 Å². The summed E-state index contributed by atoms with van der Waals surface area (Å²) in [7, 11) is 0. The fourth-order valence-corrected chi connectivity index (χ4v) is 6.19. The van der Waals surface area contributed by atoms with Crippen molar-refractivity contribution in [3.63, 3.8) is 0 Å². The van der Waals surface area contributed by atoms with Crippen LogP contribution in [0.25, 0.3) is 0 Å². The largest absolute Gasteiger partial charge is 1.00 e.